The van der Waals surface area contributed by atoms with E-state index in [0.717, 1.165) is 0 Å². The van der Waals surface area contributed by atoms with Crippen molar-refractivity contribution in [1.29, 1.82) is 5.41 Å². The molecule has 0 fully saturated rings. The lowest BCUT2D eigenvalue weighted by molar-refractivity contribution is -0.119. The summed E-state index contributed by atoms with van der Waals surface area (Å²) in [5, 5.41) is 9.45. The molecular weight excluding hydrogens is 158 g/mol. The number of guanidine groups is 1. The molecule has 1 amide bonds. The quantitative estimate of drug-likeness (QED) is 0.472. The lowest BCUT2D eigenvalue weighted by Crippen LogP contribution is -2.47. The van der Waals surface area contributed by atoms with Crippen LogP contribution in [0.2, 0.25) is 0 Å². The Bertz CT molecular complexity index is 318. The van der Waals surface area contributed by atoms with E-state index in [4.69, 9.17) is 5.41 Å². The summed E-state index contributed by atoms with van der Waals surface area (Å²) in [4.78, 5) is 20.6. The van der Waals surface area contributed by atoms with Gasteiger partial charge in [-0.25, -0.2) is 0 Å². The van der Waals surface area contributed by atoms with E-state index in [9.17, 15) is 4.79 Å². The molecular formula is C6H7N5O. The second kappa shape index (κ2) is 2.13. The van der Waals surface area contributed by atoms with Gasteiger partial charge in [0.05, 0.1) is 6.34 Å². The van der Waals surface area contributed by atoms with E-state index in [1.807, 2.05) is 0 Å². The molecule has 62 valence electrons. The van der Waals surface area contributed by atoms with E-state index in [2.05, 4.69) is 15.3 Å². The highest BCUT2D eigenvalue weighted by molar-refractivity contribution is 6.23. The van der Waals surface area contributed by atoms with Gasteiger partial charge in [-0.05, 0) is 0 Å². The van der Waals surface area contributed by atoms with E-state index >= 15 is 0 Å². The zero-order valence-electron chi connectivity index (χ0n) is 6.40. The van der Waals surface area contributed by atoms with Crippen molar-refractivity contribution in [3.63, 3.8) is 0 Å². The summed E-state index contributed by atoms with van der Waals surface area (Å²) in [5.41, 5.74) is 0. The number of carbonyl (C=O) groups excluding carboxylic acids is 1. The molecule has 0 aromatic heterocycles. The lowest BCUT2D eigenvalue weighted by atomic mass is 10.2. The highest BCUT2D eigenvalue weighted by atomic mass is 16.2. The maximum atomic E-state index is 11.2. The van der Waals surface area contributed by atoms with E-state index in [1.165, 1.54) is 6.34 Å². The standard InChI is InChI=1S/C6H7N5O/c1-11-2-8-3-4(11)9-6(7)10-5(3)12/h2-3H,1H3,(H2,7,10,12). The van der Waals surface area contributed by atoms with Crippen LogP contribution in [0.4, 0.5) is 0 Å². The Hall–Kier alpha value is -1.72. The minimum atomic E-state index is -0.552. The number of nitrogens with zero attached hydrogens (tertiary/aromatic N) is 3. The van der Waals surface area contributed by atoms with Crippen LogP contribution in [0.15, 0.2) is 9.98 Å². The Kier molecular flexibility index (Phi) is 1.24. The molecule has 2 N–H and O–H groups in total. The maximum absolute atomic E-state index is 11.2. The normalized spacial score (nSPS) is 26.9. The fraction of sp³-hybridized carbons (Fsp3) is 0.333. The number of aliphatic imine (C=N–C) groups is 2. The third-order valence-electron chi connectivity index (χ3n) is 1.71. The molecule has 0 aromatic rings. The van der Waals surface area contributed by atoms with Crippen LogP contribution >= 0.6 is 0 Å². The second-order valence-electron chi connectivity index (χ2n) is 2.59. The van der Waals surface area contributed by atoms with Gasteiger partial charge in [-0.2, -0.15) is 4.99 Å². The van der Waals surface area contributed by atoms with Crippen molar-refractivity contribution < 1.29 is 4.79 Å². The molecule has 1 unspecified atom stereocenters. The van der Waals surface area contributed by atoms with Gasteiger partial charge >= 0.3 is 0 Å². The summed E-state index contributed by atoms with van der Waals surface area (Å²) in [6.07, 6.45) is 1.53. The van der Waals surface area contributed by atoms with Gasteiger partial charge in [0.15, 0.2) is 6.04 Å². The molecule has 6 heteroatoms. The number of nitrogens with one attached hydrogen (secondary N) is 2. The fourth-order valence-electron chi connectivity index (χ4n) is 1.14. The van der Waals surface area contributed by atoms with Gasteiger partial charge < -0.3 is 4.90 Å². The summed E-state index contributed by atoms with van der Waals surface area (Å²) in [7, 11) is 1.74. The maximum Gasteiger partial charge on any atom is 0.259 e. The van der Waals surface area contributed by atoms with Crippen LogP contribution < -0.4 is 5.32 Å². The molecule has 2 rings (SSSR count). The predicted molar refractivity (Wildman–Crippen MR) is 43.3 cm³/mol. The number of amidine groups is 1. The van der Waals surface area contributed by atoms with Gasteiger partial charge in [0.25, 0.3) is 5.91 Å². The molecule has 1 atom stereocenters. The number of amides is 1. The molecule has 0 saturated heterocycles. The van der Waals surface area contributed by atoms with Crippen LogP contribution in [-0.2, 0) is 4.79 Å². The first-order chi connectivity index (χ1) is 5.68. The van der Waals surface area contributed by atoms with Crippen LogP contribution in [0.25, 0.3) is 0 Å². The molecule has 12 heavy (non-hydrogen) atoms. The van der Waals surface area contributed by atoms with Crippen molar-refractivity contribution in [1.82, 2.24) is 10.2 Å². The fourth-order valence-corrected chi connectivity index (χ4v) is 1.14. The largest absolute Gasteiger partial charge is 0.322 e. The van der Waals surface area contributed by atoms with Crippen LogP contribution in [0.1, 0.15) is 0 Å². The zero-order valence-corrected chi connectivity index (χ0v) is 6.40. The number of fused-ring (bicyclic) bond motifs is 1. The Morgan fingerprint density at radius 2 is 2.50 bits per heavy atom. The van der Waals surface area contributed by atoms with Crippen LogP contribution in [0, 0.1) is 5.41 Å². The van der Waals surface area contributed by atoms with Crippen LogP contribution in [0.3, 0.4) is 0 Å². The molecule has 2 heterocycles. The van der Waals surface area contributed by atoms with Crippen molar-refractivity contribution >= 4 is 24.0 Å². The average Bonchev–Trinajstić information content (AvgIpc) is 2.33. The van der Waals surface area contributed by atoms with E-state index in [-0.39, 0.29) is 11.9 Å². The van der Waals surface area contributed by atoms with E-state index < -0.39 is 6.04 Å². The highest BCUT2D eigenvalue weighted by Crippen LogP contribution is 2.09. The van der Waals surface area contributed by atoms with Crippen molar-refractivity contribution in [2.45, 2.75) is 6.04 Å². The Morgan fingerprint density at radius 1 is 1.75 bits per heavy atom. The molecule has 0 spiro atoms. The third kappa shape index (κ3) is 0.810. The van der Waals surface area contributed by atoms with Gasteiger partial charge in [-0.1, -0.05) is 0 Å². The van der Waals surface area contributed by atoms with E-state index in [1.54, 1.807) is 11.9 Å². The molecule has 0 radical (unpaired) electrons. The molecule has 0 aromatic carbocycles. The number of hydrogen-bond donors (Lipinski definition) is 2. The van der Waals surface area contributed by atoms with Crippen molar-refractivity contribution in [3.05, 3.63) is 0 Å². The number of hydrogen-bond acceptors (Lipinski definition) is 4. The summed E-state index contributed by atoms with van der Waals surface area (Å²) in [5.74, 6) is 0.109. The van der Waals surface area contributed by atoms with Crippen LogP contribution in [0.5, 0.6) is 0 Å². The second-order valence-corrected chi connectivity index (χ2v) is 2.59. The minimum Gasteiger partial charge on any atom is -0.322 e. The molecule has 0 saturated carbocycles. The first-order valence-corrected chi connectivity index (χ1v) is 3.42. The zero-order chi connectivity index (χ0) is 8.72. The summed E-state index contributed by atoms with van der Waals surface area (Å²) < 4.78 is 0. The Labute approximate surface area is 68.5 Å². The van der Waals surface area contributed by atoms with E-state index in [0.29, 0.717) is 5.84 Å². The summed E-state index contributed by atoms with van der Waals surface area (Å²) >= 11 is 0. The molecule has 2 aliphatic rings. The van der Waals surface area contributed by atoms with Crippen molar-refractivity contribution in [2.24, 2.45) is 9.98 Å². The monoisotopic (exact) mass is 165 g/mol. The van der Waals surface area contributed by atoms with Gasteiger partial charge in [0.2, 0.25) is 5.96 Å². The van der Waals surface area contributed by atoms with Crippen LogP contribution in [-0.4, -0.2) is 42.0 Å². The number of likely N-dealkylation sites (N-methyl/N-ethyl adjacent to an activating group) is 1. The third-order valence-corrected chi connectivity index (χ3v) is 1.71. The first-order valence-electron chi connectivity index (χ1n) is 3.42. The summed E-state index contributed by atoms with van der Waals surface area (Å²) in [6.45, 7) is 0. The topological polar surface area (TPSA) is 80.9 Å². The molecule has 0 aliphatic carbocycles. The molecule has 6 nitrogen and oxygen atoms in total. The van der Waals surface area contributed by atoms with Gasteiger partial charge in [-0.15, -0.1) is 0 Å². The predicted octanol–water partition coefficient (Wildman–Crippen LogP) is -1.21. The number of carbonyl (C=O) groups is 1. The SMILES string of the molecule is CN1C=NC2C(=O)NC(=N)N=C21. The van der Waals surface area contributed by atoms with Gasteiger partial charge in [0, 0.05) is 7.05 Å². The Morgan fingerprint density at radius 3 is 3.25 bits per heavy atom. The minimum absolute atomic E-state index is 0.122. The average molecular weight is 165 g/mol. The molecule has 0 bridgehead atoms. The van der Waals surface area contributed by atoms with Gasteiger partial charge in [-0.3, -0.25) is 20.5 Å². The van der Waals surface area contributed by atoms with Crippen molar-refractivity contribution in [2.75, 3.05) is 7.05 Å². The molecule has 2 aliphatic heterocycles. The van der Waals surface area contributed by atoms with Crippen molar-refractivity contribution in [3.8, 4) is 0 Å². The first kappa shape index (κ1) is 6.96. The smallest absolute Gasteiger partial charge is 0.259 e. The highest BCUT2D eigenvalue weighted by Gasteiger charge is 2.34. The van der Waals surface area contributed by atoms with Gasteiger partial charge in [0.1, 0.15) is 5.84 Å². The Balaban J connectivity index is 2.42. The number of rotatable bonds is 0. The lowest BCUT2D eigenvalue weighted by Gasteiger charge is -2.18. The summed E-state index contributed by atoms with van der Waals surface area (Å²) in [6, 6.07) is -0.552.